The molecule has 29 heavy (non-hydrogen) atoms. The number of carbonyl (C=O) groups is 1. The second-order valence-electron chi connectivity index (χ2n) is 6.67. The van der Waals surface area contributed by atoms with Crippen molar-refractivity contribution in [1.29, 1.82) is 0 Å². The topological polar surface area (TPSA) is 94.8 Å². The van der Waals surface area contributed by atoms with Gasteiger partial charge < -0.3 is 9.47 Å². The van der Waals surface area contributed by atoms with E-state index in [4.69, 9.17) is 9.47 Å². The Labute approximate surface area is 171 Å². The standard InChI is InChI=1S/C20H19N3O5S/c1-2-9-22(20-21-14-5-3-4-6-18(14)29-20)19(24)8-7-13-10-16-17(28-12-27-16)11-15(13)23(25)26/h2,7-8,10-11H,1,3-6,9,12H2/b8-7+. The van der Waals surface area contributed by atoms with Crippen LogP contribution in [0.25, 0.3) is 6.08 Å². The SMILES string of the molecule is C=CCN(C(=O)/C=C/c1cc2c(cc1[N+](=O)[O-])OCO2)c1nc2c(s1)CCCC2. The highest BCUT2D eigenvalue weighted by molar-refractivity contribution is 7.16. The molecule has 0 fully saturated rings. The van der Waals surface area contributed by atoms with E-state index in [9.17, 15) is 14.9 Å². The lowest BCUT2D eigenvalue weighted by Gasteiger charge is -2.15. The van der Waals surface area contributed by atoms with Gasteiger partial charge in [0.15, 0.2) is 16.6 Å². The van der Waals surface area contributed by atoms with Crippen molar-refractivity contribution in [1.82, 2.24) is 4.98 Å². The molecule has 8 nitrogen and oxygen atoms in total. The predicted molar refractivity (Wildman–Crippen MR) is 110 cm³/mol. The monoisotopic (exact) mass is 413 g/mol. The van der Waals surface area contributed by atoms with Gasteiger partial charge in [0.25, 0.3) is 11.6 Å². The van der Waals surface area contributed by atoms with Crippen LogP contribution in [0, 0.1) is 10.1 Å². The van der Waals surface area contributed by atoms with Crippen molar-refractivity contribution in [2.24, 2.45) is 0 Å². The number of hydrogen-bond acceptors (Lipinski definition) is 7. The third kappa shape index (κ3) is 3.86. The summed E-state index contributed by atoms with van der Waals surface area (Å²) in [5.41, 5.74) is 1.18. The van der Waals surface area contributed by atoms with Crippen molar-refractivity contribution >= 4 is 34.1 Å². The van der Waals surface area contributed by atoms with Crippen molar-refractivity contribution in [3.63, 3.8) is 0 Å². The predicted octanol–water partition coefficient (Wildman–Crippen LogP) is 3.89. The summed E-state index contributed by atoms with van der Waals surface area (Å²) in [7, 11) is 0. The fraction of sp³-hybridized carbons (Fsp3) is 0.300. The molecular weight excluding hydrogens is 394 g/mol. The van der Waals surface area contributed by atoms with Crippen LogP contribution in [0.3, 0.4) is 0 Å². The molecule has 0 saturated heterocycles. The van der Waals surface area contributed by atoms with Crippen molar-refractivity contribution in [3.05, 3.63) is 57.1 Å². The summed E-state index contributed by atoms with van der Waals surface area (Å²) in [6, 6.07) is 2.81. The minimum absolute atomic E-state index is 0.0143. The first-order valence-corrected chi connectivity index (χ1v) is 10.1. The lowest BCUT2D eigenvalue weighted by molar-refractivity contribution is -0.385. The van der Waals surface area contributed by atoms with E-state index < -0.39 is 4.92 Å². The number of nitro benzene ring substituents is 1. The fourth-order valence-electron chi connectivity index (χ4n) is 3.33. The van der Waals surface area contributed by atoms with Crippen LogP contribution < -0.4 is 14.4 Å². The zero-order chi connectivity index (χ0) is 20.4. The number of nitrogens with zero attached hydrogens (tertiary/aromatic N) is 3. The molecule has 2 aromatic rings. The molecule has 0 bridgehead atoms. The van der Waals surface area contributed by atoms with E-state index in [1.807, 2.05) is 0 Å². The van der Waals surface area contributed by atoms with Gasteiger partial charge in [0.1, 0.15) is 0 Å². The lowest BCUT2D eigenvalue weighted by atomic mass is 10.0. The van der Waals surface area contributed by atoms with Crippen molar-refractivity contribution in [2.45, 2.75) is 25.7 Å². The van der Waals surface area contributed by atoms with Gasteiger partial charge in [-0.1, -0.05) is 6.08 Å². The van der Waals surface area contributed by atoms with E-state index >= 15 is 0 Å². The molecule has 0 radical (unpaired) electrons. The number of rotatable bonds is 6. The van der Waals surface area contributed by atoms with Crippen LogP contribution in [0.15, 0.2) is 30.9 Å². The van der Waals surface area contributed by atoms with E-state index in [0.29, 0.717) is 23.2 Å². The van der Waals surface area contributed by atoms with Crippen LogP contribution in [0.2, 0.25) is 0 Å². The van der Waals surface area contributed by atoms with E-state index in [0.717, 1.165) is 31.4 Å². The Hall–Kier alpha value is -3.20. The first-order chi connectivity index (χ1) is 14.1. The van der Waals surface area contributed by atoms with E-state index in [1.54, 1.807) is 6.08 Å². The molecule has 1 aromatic heterocycles. The molecule has 0 unspecified atom stereocenters. The molecule has 2 aliphatic rings. The van der Waals surface area contributed by atoms with Gasteiger partial charge in [-0.25, -0.2) is 4.98 Å². The maximum Gasteiger partial charge on any atom is 0.280 e. The molecule has 1 aliphatic carbocycles. The van der Waals surface area contributed by atoms with Gasteiger partial charge in [-0.05, 0) is 37.8 Å². The van der Waals surface area contributed by atoms with Crippen LogP contribution in [-0.4, -0.2) is 29.2 Å². The summed E-state index contributed by atoms with van der Waals surface area (Å²) in [5.74, 6) is 0.419. The summed E-state index contributed by atoms with van der Waals surface area (Å²) >= 11 is 1.53. The maximum absolute atomic E-state index is 12.9. The Balaban J connectivity index is 1.61. The summed E-state index contributed by atoms with van der Waals surface area (Å²) in [4.78, 5) is 31.1. The molecule has 150 valence electrons. The van der Waals surface area contributed by atoms with Crippen molar-refractivity contribution in [2.75, 3.05) is 18.2 Å². The van der Waals surface area contributed by atoms with Gasteiger partial charge in [-0.15, -0.1) is 17.9 Å². The number of anilines is 1. The molecule has 9 heteroatoms. The third-order valence-electron chi connectivity index (χ3n) is 4.77. The largest absolute Gasteiger partial charge is 0.454 e. The third-order valence-corrected chi connectivity index (χ3v) is 5.95. The lowest BCUT2D eigenvalue weighted by Crippen LogP contribution is -2.29. The zero-order valence-corrected chi connectivity index (χ0v) is 16.4. The first-order valence-electron chi connectivity index (χ1n) is 9.24. The minimum Gasteiger partial charge on any atom is -0.454 e. The minimum atomic E-state index is -0.511. The number of fused-ring (bicyclic) bond motifs is 2. The highest BCUT2D eigenvalue weighted by atomic mass is 32.1. The first kappa shape index (κ1) is 19.1. The Morgan fingerprint density at radius 2 is 2.07 bits per heavy atom. The van der Waals surface area contributed by atoms with Crippen LogP contribution in [0.1, 0.15) is 29.0 Å². The number of amides is 1. The van der Waals surface area contributed by atoms with Gasteiger partial charge in [0.2, 0.25) is 6.79 Å². The van der Waals surface area contributed by atoms with Crippen LogP contribution >= 0.6 is 11.3 Å². The Morgan fingerprint density at radius 1 is 1.31 bits per heavy atom. The Bertz CT molecular complexity index is 990. The number of aryl methyl sites for hydroxylation is 2. The molecule has 1 aromatic carbocycles. The molecule has 0 atom stereocenters. The molecule has 0 spiro atoms. The van der Waals surface area contributed by atoms with E-state index in [2.05, 4.69) is 11.6 Å². The molecule has 1 amide bonds. The number of hydrogen-bond donors (Lipinski definition) is 0. The van der Waals surface area contributed by atoms with Gasteiger partial charge in [0.05, 0.1) is 22.2 Å². The molecule has 0 N–H and O–H groups in total. The average Bonchev–Trinajstić information content (AvgIpc) is 3.35. The fourth-order valence-corrected chi connectivity index (χ4v) is 4.50. The highest BCUT2D eigenvalue weighted by Crippen LogP contribution is 2.38. The van der Waals surface area contributed by atoms with Crippen LogP contribution in [-0.2, 0) is 17.6 Å². The number of benzene rings is 1. The Morgan fingerprint density at radius 3 is 2.79 bits per heavy atom. The van der Waals surface area contributed by atoms with Gasteiger partial charge in [-0.2, -0.15) is 0 Å². The van der Waals surface area contributed by atoms with Crippen molar-refractivity contribution in [3.8, 4) is 11.5 Å². The number of thiazole rings is 1. The van der Waals surface area contributed by atoms with Gasteiger partial charge in [-0.3, -0.25) is 19.8 Å². The van der Waals surface area contributed by atoms with Gasteiger partial charge in [0, 0.05) is 17.5 Å². The molecule has 1 aliphatic heterocycles. The number of carbonyl (C=O) groups excluding carboxylic acids is 1. The summed E-state index contributed by atoms with van der Waals surface area (Å²) in [5, 5.41) is 12.0. The summed E-state index contributed by atoms with van der Waals surface area (Å²) < 4.78 is 10.5. The molecule has 4 rings (SSSR count). The molecule has 2 heterocycles. The quantitative estimate of drug-likeness (QED) is 0.309. The second-order valence-corrected chi connectivity index (χ2v) is 7.73. The second kappa shape index (κ2) is 8.04. The normalized spacial score (nSPS) is 14.6. The van der Waals surface area contributed by atoms with E-state index in [1.165, 1.54) is 45.4 Å². The van der Waals surface area contributed by atoms with Gasteiger partial charge >= 0.3 is 0 Å². The highest BCUT2D eigenvalue weighted by Gasteiger charge is 2.24. The summed E-state index contributed by atoms with van der Waals surface area (Å²) in [6.07, 6.45) is 8.54. The smallest absolute Gasteiger partial charge is 0.280 e. The zero-order valence-electron chi connectivity index (χ0n) is 15.6. The summed E-state index contributed by atoms with van der Waals surface area (Å²) in [6.45, 7) is 4.04. The number of aromatic nitrogens is 1. The Kier molecular flexibility index (Phi) is 5.30. The number of ether oxygens (including phenoxy) is 2. The van der Waals surface area contributed by atoms with E-state index in [-0.39, 0.29) is 24.0 Å². The molecular formula is C20H19N3O5S. The van der Waals surface area contributed by atoms with Crippen LogP contribution in [0.5, 0.6) is 11.5 Å². The molecule has 0 saturated carbocycles. The average molecular weight is 413 g/mol. The number of nitro groups is 1. The maximum atomic E-state index is 12.9. The van der Waals surface area contributed by atoms with Crippen LogP contribution in [0.4, 0.5) is 10.8 Å². The van der Waals surface area contributed by atoms with Crippen molar-refractivity contribution < 1.29 is 19.2 Å².